The third kappa shape index (κ3) is 5.81. The van der Waals surface area contributed by atoms with Gasteiger partial charge in [-0.2, -0.15) is 0 Å². The van der Waals surface area contributed by atoms with Crippen molar-refractivity contribution in [2.75, 3.05) is 12.4 Å². The average Bonchev–Trinajstić information content (AvgIpc) is 2.40. The van der Waals surface area contributed by atoms with Crippen molar-refractivity contribution in [1.82, 2.24) is 5.32 Å². The molecule has 0 aliphatic carbocycles. The van der Waals surface area contributed by atoms with Crippen LogP contribution >= 0.6 is 23.2 Å². The quantitative estimate of drug-likeness (QED) is 0.808. The molecule has 7 heteroatoms. The maximum atomic E-state index is 12.0. The molecule has 2 amide bonds. The fourth-order valence-corrected chi connectivity index (χ4v) is 2.07. The molecule has 1 aromatic carbocycles. The summed E-state index contributed by atoms with van der Waals surface area (Å²) >= 11 is 11.8. The highest BCUT2D eigenvalue weighted by molar-refractivity contribution is 6.35. The SMILES string of the molecule is COC(=O)[C@H](CC(C)C)NC(=O)Nc1cc(Cl)ccc1Cl. The Balaban J connectivity index is 2.73. The number of esters is 1. The average molecular weight is 333 g/mol. The van der Waals surface area contributed by atoms with Crippen molar-refractivity contribution in [2.24, 2.45) is 5.92 Å². The molecule has 5 nitrogen and oxygen atoms in total. The van der Waals surface area contributed by atoms with E-state index in [1.807, 2.05) is 13.8 Å². The molecule has 0 spiro atoms. The highest BCUT2D eigenvalue weighted by Gasteiger charge is 2.22. The summed E-state index contributed by atoms with van der Waals surface area (Å²) in [6, 6.07) is 3.45. The number of urea groups is 1. The smallest absolute Gasteiger partial charge is 0.328 e. The van der Waals surface area contributed by atoms with Crippen molar-refractivity contribution in [1.29, 1.82) is 0 Å². The lowest BCUT2D eigenvalue weighted by atomic mass is 10.0. The molecule has 1 aromatic rings. The molecule has 0 saturated carbocycles. The third-order valence-electron chi connectivity index (χ3n) is 2.67. The molecule has 0 aliphatic rings. The van der Waals surface area contributed by atoms with Gasteiger partial charge in [-0.15, -0.1) is 0 Å². The van der Waals surface area contributed by atoms with Crippen LogP contribution in [0.4, 0.5) is 10.5 Å². The minimum absolute atomic E-state index is 0.226. The first kappa shape index (κ1) is 17.6. The third-order valence-corrected chi connectivity index (χ3v) is 3.24. The van der Waals surface area contributed by atoms with E-state index in [-0.39, 0.29) is 5.92 Å². The number of ether oxygens (including phenoxy) is 1. The van der Waals surface area contributed by atoms with Crippen LogP contribution in [0.1, 0.15) is 20.3 Å². The maximum absolute atomic E-state index is 12.0. The summed E-state index contributed by atoms with van der Waals surface area (Å²) in [5.74, 6) is -0.264. The van der Waals surface area contributed by atoms with E-state index in [2.05, 4.69) is 15.4 Å². The molecule has 0 heterocycles. The van der Waals surface area contributed by atoms with Crippen LogP contribution in [-0.4, -0.2) is 25.2 Å². The van der Waals surface area contributed by atoms with Gasteiger partial charge in [-0.25, -0.2) is 9.59 Å². The van der Waals surface area contributed by atoms with Gasteiger partial charge in [-0.05, 0) is 30.5 Å². The molecule has 116 valence electrons. The fourth-order valence-electron chi connectivity index (χ4n) is 1.74. The zero-order valence-electron chi connectivity index (χ0n) is 12.1. The molecule has 2 N–H and O–H groups in total. The van der Waals surface area contributed by atoms with E-state index in [9.17, 15) is 9.59 Å². The molecule has 0 radical (unpaired) electrons. The molecule has 0 aromatic heterocycles. The lowest BCUT2D eigenvalue weighted by Crippen LogP contribution is -2.44. The van der Waals surface area contributed by atoms with Crippen molar-refractivity contribution < 1.29 is 14.3 Å². The molecule has 0 bridgehead atoms. The minimum Gasteiger partial charge on any atom is -0.467 e. The highest BCUT2D eigenvalue weighted by atomic mass is 35.5. The number of halogens is 2. The number of nitrogens with one attached hydrogen (secondary N) is 2. The standard InChI is InChI=1S/C14H18Cl2N2O3/c1-8(2)6-12(13(19)21-3)18-14(20)17-11-7-9(15)4-5-10(11)16/h4-5,7-8,12H,6H2,1-3H3,(H2,17,18,20)/t12-/m0/s1. The monoisotopic (exact) mass is 332 g/mol. The zero-order chi connectivity index (χ0) is 16.0. The first-order valence-corrected chi connectivity index (χ1v) is 7.19. The van der Waals surface area contributed by atoms with Gasteiger partial charge in [0.05, 0.1) is 17.8 Å². The lowest BCUT2D eigenvalue weighted by molar-refractivity contribution is -0.143. The molecule has 0 unspecified atom stereocenters. The summed E-state index contributed by atoms with van der Waals surface area (Å²) < 4.78 is 4.68. The molecular formula is C14H18Cl2N2O3. The van der Waals surface area contributed by atoms with Crippen LogP contribution in [0.25, 0.3) is 0 Å². The van der Waals surface area contributed by atoms with Crippen LogP contribution in [0, 0.1) is 5.92 Å². The second-order valence-corrected chi connectivity index (χ2v) is 5.77. The van der Waals surface area contributed by atoms with Crippen molar-refractivity contribution in [2.45, 2.75) is 26.3 Å². The number of carbonyl (C=O) groups excluding carboxylic acids is 2. The Labute approximate surface area is 133 Å². The van der Waals surface area contributed by atoms with Crippen molar-refractivity contribution in [3.63, 3.8) is 0 Å². The second-order valence-electron chi connectivity index (χ2n) is 4.93. The summed E-state index contributed by atoms with van der Waals surface area (Å²) in [5, 5.41) is 5.93. The van der Waals surface area contributed by atoms with Crippen LogP contribution in [0.2, 0.25) is 10.0 Å². The molecule has 0 saturated heterocycles. The summed E-state index contributed by atoms with van der Waals surface area (Å²) in [5.41, 5.74) is 0.370. The largest absolute Gasteiger partial charge is 0.467 e. The number of carbonyl (C=O) groups is 2. The number of hydrogen-bond donors (Lipinski definition) is 2. The Kier molecular flexibility index (Phi) is 6.78. The van der Waals surface area contributed by atoms with E-state index in [4.69, 9.17) is 23.2 Å². The van der Waals surface area contributed by atoms with Gasteiger partial charge in [0.2, 0.25) is 0 Å². The Bertz CT molecular complexity index is 521. The van der Waals surface area contributed by atoms with E-state index in [0.29, 0.717) is 22.2 Å². The molecule has 1 rings (SSSR count). The van der Waals surface area contributed by atoms with Gasteiger partial charge >= 0.3 is 12.0 Å². The Morgan fingerprint density at radius 3 is 2.52 bits per heavy atom. The van der Waals surface area contributed by atoms with Gasteiger partial charge in [0, 0.05) is 5.02 Å². The van der Waals surface area contributed by atoms with E-state index in [0.717, 1.165) is 0 Å². The summed E-state index contributed by atoms with van der Waals surface area (Å²) in [6.07, 6.45) is 0.476. The zero-order valence-corrected chi connectivity index (χ0v) is 13.6. The van der Waals surface area contributed by atoms with E-state index in [1.54, 1.807) is 12.1 Å². The normalized spacial score (nSPS) is 11.9. The number of benzene rings is 1. The van der Waals surface area contributed by atoms with Crippen LogP contribution in [-0.2, 0) is 9.53 Å². The summed E-state index contributed by atoms with van der Waals surface area (Å²) in [6.45, 7) is 3.90. The molecular weight excluding hydrogens is 315 g/mol. The van der Waals surface area contributed by atoms with Gasteiger partial charge in [-0.3, -0.25) is 0 Å². The van der Waals surface area contributed by atoms with Gasteiger partial charge in [-0.1, -0.05) is 37.0 Å². The Morgan fingerprint density at radius 1 is 1.29 bits per heavy atom. The van der Waals surface area contributed by atoms with E-state index >= 15 is 0 Å². The number of hydrogen-bond acceptors (Lipinski definition) is 3. The first-order valence-electron chi connectivity index (χ1n) is 6.44. The van der Waals surface area contributed by atoms with Crippen molar-refractivity contribution in [3.8, 4) is 0 Å². The summed E-state index contributed by atoms with van der Waals surface area (Å²) in [7, 11) is 1.28. The predicted octanol–water partition coefficient (Wildman–Crippen LogP) is 3.70. The minimum atomic E-state index is -0.715. The van der Waals surface area contributed by atoms with Gasteiger partial charge in [0.1, 0.15) is 6.04 Å². The van der Waals surface area contributed by atoms with Crippen LogP contribution in [0.15, 0.2) is 18.2 Å². The van der Waals surface area contributed by atoms with Crippen LogP contribution in [0.3, 0.4) is 0 Å². The molecule has 1 atom stereocenters. The topological polar surface area (TPSA) is 67.4 Å². The number of anilines is 1. The van der Waals surface area contributed by atoms with Gasteiger partial charge < -0.3 is 15.4 Å². The van der Waals surface area contributed by atoms with E-state index in [1.165, 1.54) is 13.2 Å². The molecule has 0 fully saturated rings. The lowest BCUT2D eigenvalue weighted by Gasteiger charge is -2.19. The molecule has 21 heavy (non-hydrogen) atoms. The fraction of sp³-hybridized carbons (Fsp3) is 0.429. The highest BCUT2D eigenvalue weighted by Crippen LogP contribution is 2.25. The van der Waals surface area contributed by atoms with Crippen molar-refractivity contribution >= 4 is 40.9 Å². The Morgan fingerprint density at radius 2 is 1.95 bits per heavy atom. The number of amides is 2. The van der Waals surface area contributed by atoms with Crippen LogP contribution in [0.5, 0.6) is 0 Å². The Hall–Kier alpha value is -1.46. The number of rotatable bonds is 5. The predicted molar refractivity (Wildman–Crippen MR) is 83.9 cm³/mol. The van der Waals surface area contributed by atoms with Gasteiger partial charge in [0.15, 0.2) is 0 Å². The summed E-state index contributed by atoms with van der Waals surface area (Å²) in [4.78, 5) is 23.6. The first-order chi connectivity index (χ1) is 9.83. The molecule has 0 aliphatic heterocycles. The van der Waals surface area contributed by atoms with Crippen molar-refractivity contribution in [3.05, 3.63) is 28.2 Å². The maximum Gasteiger partial charge on any atom is 0.328 e. The van der Waals surface area contributed by atoms with Gasteiger partial charge in [0.25, 0.3) is 0 Å². The van der Waals surface area contributed by atoms with E-state index < -0.39 is 18.0 Å². The van der Waals surface area contributed by atoms with Crippen LogP contribution < -0.4 is 10.6 Å². The second kappa shape index (κ2) is 8.10. The number of methoxy groups -OCH3 is 1.